The van der Waals surface area contributed by atoms with Crippen LogP contribution in [-0.4, -0.2) is 25.8 Å². The number of sulfonamides is 1. The second-order valence-electron chi connectivity index (χ2n) is 5.73. The maximum Gasteiger partial charge on any atom is 0.243 e. The topological polar surface area (TPSA) is 63.4 Å². The molecule has 1 atom stereocenters. The first-order chi connectivity index (χ1) is 10.5. The van der Waals surface area contributed by atoms with Gasteiger partial charge in [-0.2, -0.15) is 4.31 Å². The maximum absolute atomic E-state index is 12.8. The Kier molecular flexibility index (Phi) is 4.04. The van der Waals surface area contributed by atoms with Crippen molar-refractivity contribution in [3.8, 4) is 0 Å². The summed E-state index contributed by atoms with van der Waals surface area (Å²) in [6.45, 7) is 2.71. The lowest BCUT2D eigenvalue weighted by Crippen LogP contribution is -2.36. The second-order valence-corrected chi connectivity index (χ2v) is 7.67. The zero-order valence-electron chi connectivity index (χ0n) is 12.6. The van der Waals surface area contributed by atoms with Crippen LogP contribution < -0.4 is 5.73 Å². The van der Waals surface area contributed by atoms with Crippen molar-refractivity contribution in [3.63, 3.8) is 0 Å². The van der Waals surface area contributed by atoms with Crippen LogP contribution in [-0.2, 0) is 16.4 Å². The van der Waals surface area contributed by atoms with Crippen LogP contribution in [0.2, 0.25) is 0 Å². The van der Waals surface area contributed by atoms with Gasteiger partial charge in [0, 0.05) is 19.1 Å². The summed E-state index contributed by atoms with van der Waals surface area (Å²) in [6.07, 6.45) is 0.689. The maximum atomic E-state index is 12.8. The van der Waals surface area contributed by atoms with Gasteiger partial charge in [0.1, 0.15) is 0 Å². The van der Waals surface area contributed by atoms with Gasteiger partial charge in [-0.1, -0.05) is 42.0 Å². The van der Waals surface area contributed by atoms with Crippen LogP contribution in [0, 0.1) is 6.92 Å². The zero-order valence-corrected chi connectivity index (χ0v) is 13.4. The van der Waals surface area contributed by atoms with Crippen molar-refractivity contribution in [1.82, 2.24) is 4.31 Å². The number of benzene rings is 2. The summed E-state index contributed by atoms with van der Waals surface area (Å²) in [5, 5.41) is 0. The summed E-state index contributed by atoms with van der Waals surface area (Å²) in [5.74, 6) is 0. The fraction of sp³-hybridized carbons (Fsp3) is 0.294. The molecule has 0 radical (unpaired) electrons. The first-order valence-electron chi connectivity index (χ1n) is 7.39. The van der Waals surface area contributed by atoms with Crippen molar-refractivity contribution >= 4 is 10.0 Å². The predicted octanol–water partition coefficient (Wildman–Crippen LogP) is 2.24. The van der Waals surface area contributed by atoms with Gasteiger partial charge >= 0.3 is 0 Å². The number of hydrogen-bond acceptors (Lipinski definition) is 3. The van der Waals surface area contributed by atoms with Crippen molar-refractivity contribution in [2.45, 2.75) is 24.3 Å². The van der Waals surface area contributed by atoms with E-state index in [0.717, 1.165) is 16.7 Å². The summed E-state index contributed by atoms with van der Waals surface area (Å²) in [7, 11) is -3.50. The number of rotatable bonds is 2. The number of fused-ring (bicyclic) bond motifs is 1. The molecule has 0 aromatic heterocycles. The van der Waals surface area contributed by atoms with E-state index in [4.69, 9.17) is 5.73 Å². The van der Waals surface area contributed by atoms with Crippen molar-refractivity contribution in [1.29, 1.82) is 0 Å². The van der Waals surface area contributed by atoms with Crippen molar-refractivity contribution < 1.29 is 8.42 Å². The normalized spacial score (nSPS) is 19.5. The molecule has 1 heterocycles. The average Bonchev–Trinajstić information content (AvgIpc) is 2.68. The molecule has 1 aliphatic rings. The molecule has 0 saturated carbocycles. The highest BCUT2D eigenvalue weighted by molar-refractivity contribution is 7.89. The molecule has 1 aliphatic heterocycles. The van der Waals surface area contributed by atoms with E-state index in [0.29, 0.717) is 24.4 Å². The summed E-state index contributed by atoms with van der Waals surface area (Å²) < 4.78 is 27.1. The van der Waals surface area contributed by atoms with E-state index < -0.39 is 10.0 Å². The fourth-order valence-electron chi connectivity index (χ4n) is 2.86. The highest BCUT2D eigenvalue weighted by Gasteiger charge is 2.29. The fourth-order valence-corrected chi connectivity index (χ4v) is 4.32. The van der Waals surface area contributed by atoms with E-state index >= 15 is 0 Å². The SMILES string of the molecule is Cc1ccc(S(=O)(=O)N2CCc3ccccc3C(N)C2)cc1. The van der Waals surface area contributed by atoms with Crippen molar-refractivity contribution in [2.24, 2.45) is 5.73 Å². The van der Waals surface area contributed by atoms with Crippen LogP contribution in [0.25, 0.3) is 0 Å². The molecule has 0 aliphatic carbocycles. The van der Waals surface area contributed by atoms with Crippen LogP contribution in [0.3, 0.4) is 0 Å². The molecule has 3 rings (SSSR count). The molecule has 2 aromatic carbocycles. The number of aryl methyl sites for hydroxylation is 1. The van der Waals surface area contributed by atoms with E-state index in [1.807, 2.05) is 43.3 Å². The Balaban J connectivity index is 1.92. The molecule has 116 valence electrons. The highest BCUT2D eigenvalue weighted by atomic mass is 32.2. The van der Waals surface area contributed by atoms with Crippen molar-refractivity contribution in [2.75, 3.05) is 13.1 Å². The summed E-state index contributed by atoms with van der Waals surface area (Å²) >= 11 is 0. The van der Waals surface area contributed by atoms with Gasteiger partial charge < -0.3 is 5.73 Å². The number of nitrogens with two attached hydrogens (primary N) is 1. The number of nitrogens with zero attached hydrogens (tertiary/aromatic N) is 1. The quantitative estimate of drug-likeness (QED) is 0.924. The van der Waals surface area contributed by atoms with Gasteiger partial charge in [0.05, 0.1) is 4.90 Å². The Hall–Kier alpha value is -1.69. The lowest BCUT2D eigenvalue weighted by Gasteiger charge is -2.22. The molecule has 4 nitrogen and oxygen atoms in total. The summed E-state index contributed by atoms with van der Waals surface area (Å²) in [6, 6.07) is 14.6. The Labute approximate surface area is 131 Å². The second kappa shape index (κ2) is 5.83. The highest BCUT2D eigenvalue weighted by Crippen LogP contribution is 2.26. The summed E-state index contributed by atoms with van der Waals surface area (Å²) in [4.78, 5) is 0.330. The van der Waals surface area contributed by atoms with Crippen LogP contribution in [0.4, 0.5) is 0 Å². The minimum atomic E-state index is -3.50. The van der Waals surface area contributed by atoms with Gasteiger partial charge in [-0.25, -0.2) is 8.42 Å². The Morgan fingerprint density at radius 2 is 1.77 bits per heavy atom. The third-order valence-electron chi connectivity index (χ3n) is 4.14. The van der Waals surface area contributed by atoms with Crippen molar-refractivity contribution in [3.05, 3.63) is 65.2 Å². The number of hydrogen-bond donors (Lipinski definition) is 1. The third-order valence-corrected chi connectivity index (χ3v) is 6.02. The molecule has 2 N–H and O–H groups in total. The molecule has 0 bridgehead atoms. The molecular formula is C17H20N2O2S. The lowest BCUT2D eigenvalue weighted by atomic mass is 10.0. The van der Waals surface area contributed by atoms with Gasteiger partial charge in [-0.05, 0) is 36.6 Å². The Morgan fingerprint density at radius 3 is 2.50 bits per heavy atom. The largest absolute Gasteiger partial charge is 0.323 e. The standard InChI is InChI=1S/C17H20N2O2S/c1-13-6-8-15(9-7-13)22(20,21)19-11-10-14-4-2-3-5-16(14)17(18)12-19/h2-9,17H,10-12,18H2,1H3. The average molecular weight is 316 g/mol. The minimum Gasteiger partial charge on any atom is -0.323 e. The smallest absolute Gasteiger partial charge is 0.243 e. The van der Waals surface area contributed by atoms with Gasteiger partial charge in [0.15, 0.2) is 0 Å². The molecule has 2 aromatic rings. The predicted molar refractivity (Wildman–Crippen MR) is 87.0 cm³/mol. The van der Waals surface area contributed by atoms with Crippen LogP contribution in [0.5, 0.6) is 0 Å². The first kappa shape index (κ1) is 15.2. The minimum absolute atomic E-state index is 0.293. The first-order valence-corrected chi connectivity index (χ1v) is 8.83. The Morgan fingerprint density at radius 1 is 1.09 bits per heavy atom. The summed E-state index contributed by atoms with van der Waals surface area (Å²) in [5.41, 5.74) is 9.45. The van der Waals surface area contributed by atoms with Crippen LogP contribution in [0.1, 0.15) is 22.7 Å². The van der Waals surface area contributed by atoms with Gasteiger partial charge in [0.2, 0.25) is 10.0 Å². The van der Waals surface area contributed by atoms with E-state index in [1.54, 1.807) is 12.1 Å². The van der Waals surface area contributed by atoms with Crippen LogP contribution in [0.15, 0.2) is 53.4 Å². The lowest BCUT2D eigenvalue weighted by molar-refractivity contribution is 0.401. The van der Waals surface area contributed by atoms with Gasteiger partial charge in [-0.3, -0.25) is 0 Å². The van der Waals surface area contributed by atoms with E-state index in [-0.39, 0.29) is 6.04 Å². The van der Waals surface area contributed by atoms with Gasteiger partial charge in [0.25, 0.3) is 0 Å². The zero-order chi connectivity index (χ0) is 15.7. The molecular weight excluding hydrogens is 296 g/mol. The molecule has 1 unspecified atom stereocenters. The van der Waals surface area contributed by atoms with E-state index in [1.165, 1.54) is 4.31 Å². The molecule has 0 fully saturated rings. The third kappa shape index (κ3) is 2.79. The Bertz CT molecular complexity index is 770. The molecule has 5 heteroatoms. The molecule has 0 saturated heterocycles. The molecule has 0 amide bonds. The molecule has 0 spiro atoms. The van der Waals surface area contributed by atoms with Crippen LogP contribution >= 0.6 is 0 Å². The van der Waals surface area contributed by atoms with E-state index in [9.17, 15) is 8.42 Å². The monoisotopic (exact) mass is 316 g/mol. The molecule has 22 heavy (non-hydrogen) atoms. The van der Waals surface area contributed by atoms with Gasteiger partial charge in [-0.15, -0.1) is 0 Å². The van der Waals surface area contributed by atoms with E-state index in [2.05, 4.69) is 0 Å².